The zero-order chi connectivity index (χ0) is 9.97. The van der Waals surface area contributed by atoms with Gasteiger partial charge in [-0.2, -0.15) is 0 Å². The first-order valence-corrected chi connectivity index (χ1v) is 4.96. The zero-order valence-corrected chi connectivity index (χ0v) is 8.31. The van der Waals surface area contributed by atoms with E-state index in [1.807, 2.05) is 6.07 Å². The smallest absolute Gasteiger partial charge is 0.137 e. The van der Waals surface area contributed by atoms with Crippen molar-refractivity contribution < 1.29 is 9.84 Å². The van der Waals surface area contributed by atoms with Crippen LogP contribution in [-0.4, -0.2) is 17.2 Å². The van der Waals surface area contributed by atoms with Crippen LogP contribution in [0, 0.1) is 5.92 Å². The number of nitrogens with zero attached hydrogens (tertiary/aromatic N) is 1. The fraction of sp³-hybridized carbons (Fsp3) is 0.545. The molecule has 1 heterocycles. The van der Waals surface area contributed by atoms with Crippen molar-refractivity contribution in [2.24, 2.45) is 5.92 Å². The lowest BCUT2D eigenvalue weighted by Crippen LogP contribution is -1.99. The Balaban J connectivity index is 2.05. The van der Waals surface area contributed by atoms with Gasteiger partial charge in [0.05, 0.1) is 19.4 Å². The molecule has 0 amide bonds. The Morgan fingerprint density at radius 3 is 3.00 bits per heavy atom. The molecule has 0 saturated heterocycles. The highest BCUT2D eigenvalue weighted by Crippen LogP contribution is 2.37. The van der Waals surface area contributed by atoms with E-state index >= 15 is 0 Å². The first-order chi connectivity index (χ1) is 6.79. The molecule has 1 aromatic heterocycles. The minimum atomic E-state index is -0.384. The van der Waals surface area contributed by atoms with Crippen molar-refractivity contribution in [2.75, 3.05) is 7.11 Å². The third-order valence-electron chi connectivity index (χ3n) is 2.61. The molecule has 3 nitrogen and oxygen atoms in total. The molecule has 0 aromatic carbocycles. The van der Waals surface area contributed by atoms with Crippen molar-refractivity contribution in [1.29, 1.82) is 0 Å². The van der Waals surface area contributed by atoms with Crippen LogP contribution in [0.2, 0.25) is 0 Å². The number of hydrogen-bond acceptors (Lipinski definition) is 3. The summed E-state index contributed by atoms with van der Waals surface area (Å²) in [7, 11) is 1.61. The Morgan fingerprint density at radius 2 is 2.36 bits per heavy atom. The third kappa shape index (κ3) is 2.23. The van der Waals surface area contributed by atoms with Gasteiger partial charge in [-0.1, -0.05) is 12.8 Å². The number of pyridine rings is 1. The average Bonchev–Trinajstić information content (AvgIpc) is 3.02. The van der Waals surface area contributed by atoms with E-state index in [1.165, 1.54) is 12.8 Å². The van der Waals surface area contributed by atoms with Gasteiger partial charge in [0.25, 0.3) is 0 Å². The van der Waals surface area contributed by atoms with Crippen molar-refractivity contribution in [1.82, 2.24) is 4.98 Å². The number of hydrogen-bond donors (Lipinski definition) is 1. The maximum Gasteiger partial charge on any atom is 0.137 e. The lowest BCUT2D eigenvalue weighted by molar-refractivity contribution is 0.159. The van der Waals surface area contributed by atoms with Crippen LogP contribution in [0.1, 0.15) is 30.9 Å². The largest absolute Gasteiger partial charge is 0.495 e. The summed E-state index contributed by atoms with van der Waals surface area (Å²) in [5, 5.41) is 9.86. The van der Waals surface area contributed by atoms with Crippen LogP contribution < -0.4 is 4.74 Å². The Kier molecular flexibility index (Phi) is 2.68. The van der Waals surface area contributed by atoms with Crippen LogP contribution in [0.3, 0.4) is 0 Å². The van der Waals surface area contributed by atoms with E-state index in [9.17, 15) is 5.11 Å². The number of aliphatic hydroxyl groups is 1. The number of aromatic nitrogens is 1. The van der Waals surface area contributed by atoms with Gasteiger partial charge in [0.15, 0.2) is 0 Å². The maximum atomic E-state index is 9.86. The van der Waals surface area contributed by atoms with Gasteiger partial charge in [-0.15, -0.1) is 0 Å². The van der Waals surface area contributed by atoms with Crippen LogP contribution in [0.5, 0.6) is 5.75 Å². The molecule has 3 heteroatoms. The SMILES string of the molecule is COc1cncc(C(O)CC2CC2)c1. The van der Waals surface area contributed by atoms with Gasteiger partial charge in [-0.05, 0) is 18.4 Å². The Hall–Kier alpha value is -1.09. The zero-order valence-electron chi connectivity index (χ0n) is 8.31. The molecule has 0 aliphatic heterocycles. The second-order valence-corrected chi connectivity index (χ2v) is 3.85. The normalized spacial score (nSPS) is 17.9. The summed E-state index contributed by atoms with van der Waals surface area (Å²) in [4.78, 5) is 4.02. The highest BCUT2D eigenvalue weighted by atomic mass is 16.5. The van der Waals surface area contributed by atoms with Gasteiger partial charge in [-0.25, -0.2) is 0 Å². The van der Waals surface area contributed by atoms with Gasteiger partial charge in [-0.3, -0.25) is 4.98 Å². The molecule has 1 aliphatic carbocycles. The van der Waals surface area contributed by atoms with E-state index in [2.05, 4.69) is 4.98 Å². The van der Waals surface area contributed by atoms with Crippen LogP contribution >= 0.6 is 0 Å². The molecular formula is C11H15NO2. The molecule has 1 saturated carbocycles. The summed E-state index contributed by atoms with van der Waals surface area (Å²) >= 11 is 0. The minimum absolute atomic E-state index is 0.384. The van der Waals surface area contributed by atoms with Crippen LogP contribution in [0.15, 0.2) is 18.5 Å². The summed E-state index contributed by atoms with van der Waals surface area (Å²) in [6.07, 6.45) is 6.34. The number of aliphatic hydroxyl groups excluding tert-OH is 1. The Labute approximate surface area is 83.7 Å². The molecule has 1 N–H and O–H groups in total. The lowest BCUT2D eigenvalue weighted by Gasteiger charge is -2.10. The monoisotopic (exact) mass is 193 g/mol. The molecular weight excluding hydrogens is 178 g/mol. The van der Waals surface area contributed by atoms with E-state index in [-0.39, 0.29) is 6.10 Å². The first-order valence-electron chi connectivity index (χ1n) is 4.96. The third-order valence-corrected chi connectivity index (χ3v) is 2.61. The molecule has 0 radical (unpaired) electrons. The predicted molar refractivity (Wildman–Crippen MR) is 53.1 cm³/mol. The van der Waals surface area contributed by atoms with Crippen molar-refractivity contribution in [3.8, 4) is 5.75 Å². The van der Waals surface area contributed by atoms with Gasteiger partial charge in [0.2, 0.25) is 0 Å². The van der Waals surface area contributed by atoms with Crippen LogP contribution in [0.25, 0.3) is 0 Å². The molecule has 1 unspecified atom stereocenters. The molecule has 1 atom stereocenters. The Morgan fingerprint density at radius 1 is 1.57 bits per heavy atom. The second-order valence-electron chi connectivity index (χ2n) is 3.85. The topological polar surface area (TPSA) is 42.4 Å². The number of methoxy groups -OCH3 is 1. The second kappa shape index (κ2) is 3.96. The van der Waals surface area contributed by atoms with Crippen LogP contribution in [-0.2, 0) is 0 Å². The van der Waals surface area contributed by atoms with Crippen molar-refractivity contribution in [2.45, 2.75) is 25.4 Å². The van der Waals surface area contributed by atoms with Gasteiger partial charge in [0.1, 0.15) is 5.75 Å². The highest BCUT2D eigenvalue weighted by molar-refractivity contribution is 5.25. The molecule has 2 rings (SSSR count). The van der Waals surface area contributed by atoms with Crippen molar-refractivity contribution in [3.05, 3.63) is 24.0 Å². The predicted octanol–water partition coefficient (Wildman–Crippen LogP) is 1.92. The van der Waals surface area contributed by atoms with Crippen LogP contribution in [0.4, 0.5) is 0 Å². The highest BCUT2D eigenvalue weighted by Gasteiger charge is 2.25. The molecule has 14 heavy (non-hydrogen) atoms. The molecule has 76 valence electrons. The lowest BCUT2D eigenvalue weighted by atomic mass is 10.1. The summed E-state index contributed by atoms with van der Waals surface area (Å²) in [6.45, 7) is 0. The number of rotatable bonds is 4. The average molecular weight is 193 g/mol. The van der Waals surface area contributed by atoms with E-state index in [0.29, 0.717) is 5.75 Å². The number of ether oxygens (including phenoxy) is 1. The molecule has 1 aromatic rings. The fourth-order valence-electron chi connectivity index (χ4n) is 1.53. The molecule has 0 spiro atoms. The minimum Gasteiger partial charge on any atom is -0.495 e. The quantitative estimate of drug-likeness (QED) is 0.794. The van der Waals surface area contributed by atoms with Crippen molar-refractivity contribution >= 4 is 0 Å². The van der Waals surface area contributed by atoms with Gasteiger partial charge in [0, 0.05) is 11.8 Å². The molecule has 1 fully saturated rings. The summed E-state index contributed by atoms with van der Waals surface area (Å²) in [5.41, 5.74) is 0.858. The Bertz CT molecular complexity index is 310. The van der Waals surface area contributed by atoms with E-state index < -0.39 is 0 Å². The summed E-state index contributed by atoms with van der Waals surface area (Å²) in [6, 6.07) is 1.85. The molecule has 1 aliphatic rings. The van der Waals surface area contributed by atoms with E-state index in [1.54, 1.807) is 19.5 Å². The first kappa shape index (κ1) is 9.46. The van der Waals surface area contributed by atoms with Gasteiger partial charge < -0.3 is 9.84 Å². The molecule has 0 bridgehead atoms. The van der Waals surface area contributed by atoms with Crippen molar-refractivity contribution in [3.63, 3.8) is 0 Å². The van der Waals surface area contributed by atoms with Gasteiger partial charge >= 0.3 is 0 Å². The van der Waals surface area contributed by atoms with E-state index in [4.69, 9.17) is 4.74 Å². The fourth-order valence-corrected chi connectivity index (χ4v) is 1.53. The summed E-state index contributed by atoms with van der Waals surface area (Å²) < 4.78 is 5.05. The summed E-state index contributed by atoms with van der Waals surface area (Å²) in [5.74, 6) is 1.42. The standard InChI is InChI=1S/C11H15NO2/c1-14-10-5-9(6-12-7-10)11(13)4-8-2-3-8/h5-8,11,13H,2-4H2,1H3. The van der Waals surface area contributed by atoms with E-state index in [0.717, 1.165) is 17.9 Å². The maximum absolute atomic E-state index is 9.86.